The first-order valence-electron chi connectivity index (χ1n) is 13.1. The summed E-state index contributed by atoms with van der Waals surface area (Å²) in [5, 5.41) is 4.29. The molecule has 206 valence electrons. The molecule has 0 spiro atoms. The Morgan fingerprint density at radius 1 is 1.02 bits per heavy atom. The number of carbonyl (C=O) groups is 2. The number of hydrogen-bond donors (Lipinski definition) is 1. The van der Waals surface area contributed by atoms with E-state index in [0.29, 0.717) is 42.3 Å². The van der Waals surface area contributed by atoms with Crippen LogP contribution in [0.1, 0.15) is 42.7 Å². The summed E-state index contributed by atoms with van der Waals surface area (Å²) in [7, 11) is 1.48. The summed E-state index contributed by atoms with van der Waals surface area (Å²) in [6, 6.07) is 16.1. The highest BCUT2D eigenvalue weighted by Gasteiger charge is 2.33. The number of nitrogens with zero attached hydrogens (tertiary/aromatic N) is 6. The topological polar surface area (TPSA) is 129 Å². The van der Waals surface area contributed by atoms with Crippen LogP contribution in [0.2, 0.25) is 0 Å². The molecule has 0 aliphatic carbocycles. The van der Waals surface area contributed by atoms with Gasteiger partial charge in [0.2, 0.25) is 5.91 Å². The Bertz CT molecular complexity index is 1640. The van der Waals surface area contributed by atoms with E-state index in [4.69, 9.17) is 10.5 Å². The third-order valence-electron chi connectivity index (χ3n) is 6.97. The Morgan fingerprint density at radius 3 is 2.40 bits per heavy atom. The van der Waals surface area contributed by atoms with Crippen LogP contribution in [0, 0.1) is 0 Å². The zero-order chi connectivity index (χ0) is 28.6. The normalized spacial score (nSPS) is 13.4. The van der Waals surface area contributed by atoms with Crippen molar-refractivity contribution in [2.45, 2.75) is 33.2 Å². The molecule has 3 heterocycles. The summed E-state index contributed by atoms with van der Waals surface area (Å²) < 4.78 is 8.19. The van der Waals surface area contributed by atoms with Crippen LogP contribution >= 0.6 is 0 Å². The van der Waals surface area contributed by atoms with Crippen LogP contribution in [0.5, 0.6) is 6.01 Å². The van der Waals surface area contributed by atoms with Crippen LogP contribution in [0.15, 0.2) is 65.6 Å². The van der Waals surface area contributed by atoms with Gasteiger partial charge in [0.1, 0.15) is 5.82 Å². The molecular formula is C29H31N7O4. The maximum Gasteiger partial charge on any atom is 0.353 e. The van der Waals surface area contributed by atoms with Gasteiger partial charge in [-0.25, -0.2) is 23.8 Å². The first kappa shape index (κ1) is 26.7. The largest absolute Gasteiger partial charge is 0.467 e. The van der Waals surface area contributed by atoms with Crippen molar-refractivity contribution >= 4 is 23.4 Å². The van der Waals surface area contributed by atoms with Gasteiger partial charge in [-0.3, -0.25) is 14.6 Å². The SMILES string of the molecule is CCc1c(-c2ccc(-n3c(OC)nn(C(C)C)c3=O)cc2)ccnc1N1CCN(c2cccc(C(N)=O)c2)C1=O. The molecule has 0 bridgehead atoms. The first-order valence-corrected chi connectivity index (χ1v) is 13.1. The molecule has 2 N–H and O–H groups in total. The molecular weight excluding hydrogens is 510 g/mol. The molecule has 5 rings (SSSR count). The second-order valence-corrected chi connectivity index (χ2v) is 9.70. The Balaban J connectivity index is 1.47. The Labute approximate surface area is 231 Å². The standard InChI is InChI=1S/C29H31N7O4/c1-5-23-24(19-9-11-21(12-10-19)35-27(40-4)32-36(18(2)3)29(35)39)13-14-31-26(23)34-16-15-33(28(34)38)22-8-6-7-20(17-22)25(30)37/h6-14,17-18H,5,15-16H2,1-4H3,(H2,30,37). The lowest BCUT2D eigenvalue weighted by molar-refractivity contribution is 0.1000. The monoisotopic (exact) mass is 541 g/mol. The minimum atomic E-state index is -0.545. The molecule has 0 saturated carbocycles. The number of nitrogens with two attached hydrogens (primary N) is 1. The minimum absolute atomic E-state index is 0.111. The predicted molar refractivity (Wildman–Crippen MR) is 152 cm³/mol. The quantitative estimate of drug-likeness (QED) is 0.361. The molecule has 1 aliphatic rings. The number of hydrogen-bond acceptors (Lipinski definition) is 6. The molecule has 1 fully saturated rings. The summed E-state index contributed by atoms with van der Waals surface area (Å²) in [6.07, 6.45) is 2.34. The van der Waals surface area contributed by atoms with E-state index in [9.17, 15) is 14.4 Å². The zero-order valence-electron chi connectivity index (χ0n) is 22.9. The van der Waals surface area contributed by atoms with E-state index < -0.39 is 5.91 Å². The van der Waals surface area contributed by atoms with Gasteiger partial charge in [0.05, 0.1) is 18.8 Å². The van der Waals surface area contributed by atoms with E-state index >= 15 is 0 Å². The number of rotatable bonds is 8. The van der Waals surface area contributed by atoms with Gasteiger partial charge >= 0.3 is 17.7 Å². The van der Waals surface area contributed by atoms with Gasteiger partial charge in [0.15, 0.2) is 0 Å². The van der Waals surface area contributed by atoms with Crippen molar-refractivity contribution in [1.82, 2.24) is 19.3 Å². The number of anilines is 2. The molecule has 2 aromatic heterocycles. The lowest BCUT2D eigenvalue weighted by Gasteiger charge is -2.22. The van der Waals surface area contributed by atoms with Gasteiger partial charge in [-0.05, 0) is 67.8 Å². The minimum Gasteiger partial charge on any atom is -0.467 e. The number of aromatic nitrogens is 4. The molecule has 1 aliphatic heterocycles. The number of methoxy groups -OCH3 is 1. The van der Waals surface area contributed by atoms with Crippen molar-refractivity contribution in [3.05, 3.63) is 82.4 Å². The number of carbonyl (C=O) groups excluding carboxylic acids is 2. The van der Waals surface area contributed by atoms with Crippen molar-refractivity contribution < 1.29 is 14.3 Å². The number of pyridine rings is 1. The number of amides is 3. The molecule has 0 atom stereocenters. The van der Waals surface area contributed by atoms with Crippen molar-refractivity contribution in [3.8, 4) is 22.8 Å². The van der Waals surface area contributed by atoms with E-state index in [-0.39, 0.29) is 23.8 Å². The van der Waals surface area contributed by atoms with Crippen LogP contribution in [0.25, 0.3) is 16.8 Å². The summed E-state index contributed by atoms with van der Waals surface area (Å²) in [6.45, 7) is 6.70. The summed E-state index contributed by atoms with van der Waals surface area (Å²) in [5.74, 6) is 0.0508. The van der Waals surface area contributed by atoms with Crippen LogP contribution in [-0.4, -0.2) is 51.5 Å². The molecule has 4 aromatic rings. The molecule has 0 unspecified atom stereocenters. The smallest absolute Gasteiger partial charge is 0.353 e. The maximum atomic E-state index is 13.5. The van der Waals surface area contributed by atoms with E-state index in [0.717, 1.165) is 16.7 Å². The maximum absolute atomic E-state index is 13.5. The van der Waals surface area contributed by atoms with Crippen LogP contribution in [0.3, 0.4) is 0 Å². The fraction of sp³-hybridized carbons (Fsp3) is 0.276. The number of benzene rings is 2. The summed E-state index contributed by atoms with van der Waals surface area (Å²) in [4.78, 5) is 46.0. The first-order chi connectivity index (χ1) is 19.2. The number of primary amides is 1. The second-order valence-electron chi connectivity index (χ2n) is 9.70. The Kier molecular flexibility index (Phi) is 7.12. The second kappa shape index (κ2) is 10.7. The molecule has 11 heteroatoms. The molecule has 1 saturated heterocycles. The van der Waals surface area contributed by atoms with E-state index in [1.165, 1.54) is 16.4 Å². The van der Waals surface area contributed by atoms with Crippen LogP contribution in [0.4, 0.5) is 16.3 Å². The Hall–Kier alpha value is -4.93. The van der Waals surface area contributed by atoms with Crippen molar-refractivity contribution in [2.24, 2.45) is 5.73 Å². The average molecular weight is 542 g/mol. The van der Waals surface area contributed by atoms with Crippen LogP contribution < -0.4 is 26.0 Å². The van der Waals surface area contributed by atoms with Gasteiger partial charge in [-0.15, -0.1) is 5.10 Å². The highest BCUT2D eigenvalue weighted by Crippen LogP contribution is 2.33. The highest BCUT2D eigenvalue weighted by molar-refractivity contribution is 6.07. The molecule has 40 heavy (non-hydrogen) atoms. The molecule has 2 aromatic carbocycles. The molecule has 11 nitrogen and oxygen atoms in total. The van der Waals surface area contributed by atoms with Gasteiger partial charge in [-0.2, -0.15) is 0 Å². The van der Waals surface area contributed by atoms with Crippen LogP contribution in [-0.2, 0) is 6.42 Å². The summed E-state index contributed by atoms with van der Waals surface area (Å²) in [5.41, 5.74) is 9.54. The highest BCUT2D eigenvalue weighted by atomic mass is 16.5. The lowest BCUT2D eigenvalue weighted by atomic mass is 9.98. The third-order valence-corrected chi connectivity index (χ3v) is 6.97. The third kappa shape index (κ3) is 4.59. The number of urea groups is 1. The fourth-order valence-electron chi connectivity index (χ4n) is 4.98. The average Bonchev–Trinajstić information content (AvgIpc) is 3.52. The van der Waals surface area contributed by atoms with Gasteiger partial charge in [0.25, 0.3) is 0 Å². The van der Waals surface area contributed by atoms with Gasteiger partial charge in [-0.1, -0.05) is 25.1 Å². The Morgan fingerprint density at radius 2 is 1.75 bits per heavy atom. The van der Waals surface area contributed by atoms with E-state index in [1.807, 2.05) is 51.1 Å². The predicted octanol–water partition coefficient (Wildman–Crippen LogP) is 3.79. The van der Waals surface area contributed by atoms with Crippen molar-refractivity contribution in [2.75, 3.05) is 30.0 Å². The van der Waals surface area contributed by atoms with E-state index in [1.54, 1.807) is 40.3 Å². The van der Waals surface area contributed by atoms with Crippen molar-refractivity contribution in [3.63, 3.8) is 0 Å². The summed E-state index contributed by atoms with van der Waals surface area (Å²) >= 11 is 0. The number of ether oxygens (including phenoxy) is 1. The fourth-order valence-corrected chi connectivity index (χ4v) is 4.98. The molecule has 0 radical (unpaired) electrons. The van der Waals surface area contributed by atoms with E-state index in [2.05, 4.69) is 10.1 Å². The van der Waals surface area contributed by atoms with Crippen molar-refractivity contribution in [1.29, 1.82) is 0 Å². The molecule has 3 amide bonds. The lowest BCUT2D eigenvalue weighted by Crippen LogP contribution is -2.33. The van der Waals surface area contributed by atoms with Gasteiger partial charge < -0.3 is 10.5 Å². The van der Waals surface area contributed by atoms with Gasteiger partial charge in [0, 0.05) is 36.1 Å². The zero-order valence-corrected chi connectivity index (χ0v) is 22.9.